The molecule has 0 saturated carbocycles. The molecule has 1 fully saturated rings. The van der Waals surface area contributed by atoms with Gasteiger partial charge in [-0.3, -0.25) is 4.79 Å². The topological polar surface area (TPSA) is 60.7 Å². The Morgan fingerprint density at radius 1 is 1.12 bits per heavy atom. The number of carbonyl (C=O) groups is 1. The van der Waals surface area contributed by atoms with Gasteiger partial charge >= 0.3 is 0 Å². The molecule has 5 nitrogen and oxygen atoms in total. The van der Waals surface area contributed by atoms with Crippen molar-refractivity contribution >= 4 is 33.5 Å². The number of hydrogen-bond acceptors (Lipinski definition) is 4. The lowest BCUT2D eigenvalue weighted by Gasteiger charge is -2.21. The zero-order valence-electron chi connectivity index (χ0n) is 13.5. The number of fused-ring (bicyclic) bond motifs is 3. The van der Waals surface area contributed by atoms with Gasteiger partial charge in [-0.2, -0.15) is 0 Å². The van der Waals surface area contributed by atoms with Crippen LogP contribution in [0.25, 0.3) is 21.9 Å². The largest absolute Gasteiger partial charge is 0.495 e. The number of benzene rings is 2. The summed E-state index contributed by atoms with van der Waals surface area (Å²) in [7, 11) is 1.60. The number of methoxy groups -OCH3 is 1. The summed E-state index contributed by atoms with van der Waals surface area (Å²) in [4.78, 5) is 12.5. The maximum absolute atomic E-state index is 12.5. The molecule has 0 bridgehead atoms. The van der Waals surface area contributed by atoms with E-state index in [9.17, 15) is 4.79 Å². The van der Waals surface area contributed by atoms with Gasteiger partial charge in [0.05, 0.1) is 12.8 Å². The van der Waals surface area contributed by atoms with E-state index in [1.54, 1.807) is 7.11 Å². The highest BCUT2D eigenvalue weighted by Gasteiger charge is 2.23. The Bertz CT molecular complexity index is 893. The Hall–Kier alpha value is -2.53. The third kappa shape index (κ3) is 2.61. The standard InChI is InChI=1S/C19H19NO4/c1-22-18-10-14-13-4-2-3-5-16(13)24-17(14)11-15(18)20-19(21)12-6-8-23-9-7-12/h2-5,10-12H,6-9H2,1H3,(H,20,21). The second kappa shape index (κ2) is 6.17. The molecule has 1 amide bonds. The van der Waals surface area contributed by atoms with Gasteiger partial charge in [0.2, 0.25) is 5.91 Å². The Labute approximate surface area is 139 Å². The number of nitrogens with one attached hydrogen (secondary N) is 1. The molecule has 5 heteroatoms. The molecule has 0 atom stereocenters. The monoisotopic (exact) mass is 325 g/mol. The van der Waals surface area contributed by atoms with Crippen LogP contribution in [0.15, 0.2) is 40.8 Å². The van der Waals surface area contributed by atoms with Crippen LogP contribution in [0.5, 0.6) is 5.75 Å². The van der Waals surface area contributed by atoms with E-state index >= 15 is 0 Å². The minimum absolute atomic E-state index is 0.00654. The number of ether oxygens (including phenoxy) is 2. The normalized spacial score (nSPS) is 15.7. The van der Waals surface area contributed by atoms with Crippen molar-refractivity contribution in [3.05, 3.63) is 36.4 Å². The fraction of sp³-hybridized carbons (Fsp3) is 0.316. The average molecular weight is 325 g/mol. The molecule has 0 radical (unpaired) electrons. The molecule has 1 aliphatic rings. The molecule has 2 aromatic carbocycles. The van der Waals surface area contributed by atoms with Gasteiger partial charge in [-0.15, -0.1) is 0 Å². The fourth-order valence-electron chi connectivity index (χ4n) is 3.21. The molecular formula is C19H19NO4. The zero-order chi connectivity index (χ0) is 16.5. The van der Waals surface area contributed by atoms with Crippen LogP contribution in [-0.2, 0) is 9.53 Å². The zero-order valence-corrected chi connectivity index (χ0v) is 13.5. The maximum Gasteiger partial charge on any atom is 0.227 e. The van der Waals surface area contributed by atoms with Crippen molar-refractivity contribution in [2.24, 2.45) is 5.92 Å². The summed E-state index contributed by atoms with van der Waals surface area (Å²) >= 11 is 0. The first-order valence-corrected chi connectivity index (χ1v) is 8.14. The van der Waals surface area contributed by atoms with Crippen LogP contribution in [-0.4, -0.2) is 26.2 Å². The fourth-order valence-corrected chi connectivity index (χ4v) is 3.21. The Morgan fingerprint density at radius 2 is 1.92 bits per heavy atom. The van der Waals surface area contributed by atoms with Crippen LogP contribution in [0, 0.1) is 5.92 Å². The first kappa shape index (κ1) is 15.0. The highest BCUT2D eigenvalue weighted by Crippen LogP contribution is 2.36. The Morgan fingerprint density at radius 3 is 2.71 bits per heavy atom. The van der Waals surface area contributed by atoms with Gasteiger partial charge in [0.15, 0.2) is 0 Å². The summed E-state index contributed by atoms with van der Waals surface area (Å²) in [6.07, 6.45) is 1.50. The number of carbonyl (C=O) groups excluding carboxylic acids is 1. The van der Waals surface area contributed by atoms with Crippen LogP contribution in [0.3, 0.4) is 0 Å². The third-order valence-electron chi connectivity index (χ3n) is 4.55. The number of para-hydroxylation sites is 1. The van der Waals surface area contributed by atoms with Crippen molar-refractivity contribution in [2.45, 2.75) is 12.8 Å². The first-order chi connectivity index (χ1) is 11.8. The van der Waals surface area contributed by atoms with Gasteiger partial charge in [-0.1, -0.05) is 18.2 Å². The molecule has 1 aromatic heterocycles. The molecule has 0 aliphatic carbocycles. The van der Waals surface area contributed by atoms with E-state index in [0.29, 0.717) is 24.7 Å². The highest BCUT2D eigenvalue weighted by atomic mass is 16.5. The molecule has 0 unspecified atom stereocenters. The van der Waals surface area contributed by atoms with Gasteiger partial charge in [0, 0.05) is 36.0 Å². The molecule has 4 rings (SSSR count). The molecule has 0 spiro atoms. The second-order valence-corrected chi connectivity index (χ2v) is 6.02. The van der Waals surface area contributed by atoms with Gasteiger partial charge < -0.3 is 19.2 Å². The lowest BCUT2D eigenvalue weighted by molar-refractivity contribution is -0.122. The SMILES string of the molecule is COc1cc2c(cc1NC(=O)C1CCOCC1)oc1ccccc12. The van der Waals surface area contributed by atoms with Crippen LogP contribution >= 0.6 is 0 Å². The van der Waals surface area contributed by atoms with E-state index in [2.05, 4.69) is 5.32 Å². The summed E-state index contributed by atoms with van der Waals surface area (Å²) in [5.41, 5.74) is 2.20. The quantitative estimate of drug-likeness (QED) is 0.792. The van der Waals surface area contributed by atoms with E-state index in [-0.39, 0.29) is 11.8 Å². The smallest absolute Gasteiger partial charge is 0.227 e. The van der Waals surface area contributed by atoms with Crippen molar-refractivity contribution in [1.29, 1.82) is 0 Å². The van der Waals surface area contributed by atoms with Crippen molar-refractivity contribution in [3.63, 3.8) is 0 Å². The second-order valence-electron chi connectivity index (χ2n) is 6.02. The molecule has 1 aliphatic heterocycles. The van der Waals surface area contributed by atoms with Crippen LogP contribution in [0.4, 0.5) is 5.69 Å². The van der Waals surface area contributed by atoms with Crippen molar-refractivity contribution < 1.29 is 18.7 Å². The number of rotatable bonds is 3. The summed E-state index contributed by atoms with van der Waals surface area (Å²) < 4.78 is 16.7. The minimum atomic E-state index is -0.0187. The maximum atomic E-state index is 12.5. The molecule has 124 valence electrons. The minimum Gasteiger partial charge on any atom is -0.495 e. The predicted molar refractivity (Wildman–Crippen MR) is 92.4 cm³/mol. The molecule has 3 aromatic rings. The van der Waals surface area contributed by atoms with Gasteiger partial charge in [-0.05, 0) is 25.0 Å². The van der Waals surface area contributed by atoms with E-state index in [0.717, 1.165) is 34.8 Å². The molecule has 1 saturated heterocycles. The van der Waals surface area contributed by atoms with Crippen LogP contribution in [0.2, 0.25) is 0 Å². The molecule has 24 heavy (non-hydrogen) atoms. The van der Waals surface area contributed by atoms with Crippen molar-refractivity contribution in [1.82, 2.24) is 0 Å². The third-order valence-corrected chi connectivity index (χ3v) is 4.55. The Balaban J connectivity index is 1.71. The number of hydrogen-bond donors (Lipinski definition) is 1. The molecule has 2 heterocycles. The number of furan rings is 1. The van der Waals surface area contributed by atoms with Gasteiger partial charge in [0.1, 0.15) is 16.9 Å². The summed E-state index contributed by atoms with van der Waals surface area (Å²) in [6, 6.07) is 11.6. The summed E-state index contributed by atoms with van der Waals surface area (Å²) in [6.45, 7) is 1.27. The van der Waals surface area contributed by atoms with E-state index < -0.39 is 0 Å². The van der Waals surface area contributed by atoms with Gasteiger partial charge in [0.25, 0.3) is 0 Å². The van der Waals surface area contributed by atoms with Gasteiger partial charge in [-0.25, -0.2) is 0 Å². The van der Waals surface area contributed by atoms with Crippen LogP contribution < -0.4 is 10.1 Å². The van der Waals surface area contributed by atoms with E-state index in [4.69, 9.17) is 13.9 Å². The number of anilines is 1. The van der Waals surface area contributed by atoms with Crippen molar-refractivity contribution in [2.75, 3.05) is 25.6 Å². The van der Waals surface area contributed by atoms with Crippen molar-refractivity contribution in [3.8, 4) is 5.75 Å². The predicted octanol–water partition coefficient (Wildman–Crippen LogP) is 3.96. The first-order valence-electron chi connectivity index (χ1n) is 8.14. The Kier molecular flexibility index (Phi) is 3.86. The highest BCUT2D eigenvalue weighted by molar-refractivity contribution is 6.07. The average Bonchev–Trinajstić information content (AvgIpc) is 2.99. The molecule has 1 N–H and O–H groups in total. The number of amides is 1. The summed E-state index contributed by atoms with van der Waals surface area (Å²) in [5, 5.41) is 5.00. The van der Waals surface area contributed by atoms with E-state index in [1.807, 2.05) is 36.4 Å². The van der Waals surface area contributed by atoms with Crippen LogP contribution in [0.1, 0.15) is 12.8 Å². The summed E-state index contributed by atoms with van der Waals surface area (Å²) in [5.74, 6) is 0.622. The lowest BCUT2D eigenvalue weighted by atomic mass is 9.99. The lowest BCUT2D eigenvalue weighted by Crippen LogP contribution is -2.28. The molecular weight excluding hydrogens is 306 g/mol. The van der Waals surface area contributed by atoms with E-state index in [1.165, 1.54) is 0 Å².